The molecule has 0 spiro atoms. The van der Waals surface area contributed by atoms with Gasteiger partial charge in [-0.05, 0) is 62.0 Å². The molecule has 0 aromatic heterocycles. The zero-order valence-corrected chi connectivity index (χ0v) is 12.2. The Hall–Kier alpha value is -1.46. The summed E-state index contributed by atoms with van der Waals surface area (Å²) in [5.74, 6) is -0.263. The third kappa shape index (κ3) is 2.68. The minimum Gasteiger partial charge on any atom is -0.368 e. The van der Waals surface area contributed by atoms with Gasteiger partial charge < -0.3 is 15.4 Å². The van der Waals surface area contributed by atoms with Crippen LogP contribution in [0.4, 0.5) is 4.39 Å². The Kier molecular flexibility index (Phi) is 3.95. The van der Waals surface area contributed by atoms with Crippen molar-refractivity contribution in [3.05, 3.63) is 35.1 Å². The Morgan fingerprint density at radius 3 is 2.90 bits per heavy atom. The Morgan fingerprint density at radius 2 is 2.19 bits per heavy atom. The second-order valence-electron chi connectivity index (χ2n) is 5.86. The number of hydrogen-bond donors (Lipinski definition) is 2. The Morgan fingerprint density at radius 1 is 1.43 bits per heavy atom. The molecule has 1 atom stereocenters. The summed E-state index contributed by atoms with van der Waals surface area (Å²) in [5.41, 5.74) is 1.30. The molecule has 1 amide bonds. The molecule has 1 fully saturated rings. The van der Waals surface area contributed by atoms with Gasteiger partial charge in [0.25, 0.3) is 5.91 Å². The van der Waals surface area contributed by atoms with Crippen molar-refractivity contribution < 1.29 is 13.9 Å². The van der Waals surface area contributed by atoms with Gasteiger partial charge in [0.05, 0.1) is 6.04 Å². The highest BCUT2D eigenvalue weighted by atomic mass is 19.1. The van der Waals surface area contributed by atoms with Gasteiger partial charge in [0, 0.05) is 7.11 Å². The van der Waals surface area contributed by atoms with Crippen molar-refractivity contribution in [3.63, 3.8) is 0 Å². The third-order valence-electron chi connectivity index (χ3n) is 4.70. The van der Waals surface area contributed by atoms with Crippen molar-refractivity contribution in [1.29, 1.82) is 0 Å². The summed E-state index contributed by atoms with van der Waals surface area (Å²) in [6, 6.07) is 4.78. The number of hydrogen-bond acceptors (Lipinski definition) is 3. The zero-order valence-electron chi connectivity index (χ0n) is 12.2. The summed E-state index contributed by atoms with van der Waals surface area (Å²) < 4.78 is 18.8. The van der Waals surface area contributed by atoms with Crippen LogP contribution in [0.3, 0.4) is 0 Å². The van der Waals surface area contributed by atoms with Crippen molar-refractivity contribution in [2.24, 2.45) is 0 Å². The lowest BCUT2D eigenvalue weighted by molar-refractivity contribution is -0.147. The van der Waals surface area contributed by atoms with Crippen molar-refractivity contribution in [2.45, 2.75) is 37.3 Å². The van der Waals surface area contributed by atoms with Crippen LogP contribution in [0.5, 0.6) is 0 Å². The van der Waals surface area contributed by atoms with E-state index in [1.54, 1.807) is 19.2 Å². The molecule has 0 bridgehead atoms. The van der Waals surface area contributed by atoms with Crippen LogP contribution < -0.4 is 10.6 Å². The van der Waals surface area contributed by atoms with Crippen LogP contribution in [0, 0.1) is 5.82 Å². The van der Waals surface area contributed by atoms with E-state index in [9.17, 15) is 9.18 Å². The number of fused-ring (bicyclic) bond motifs is 1. The smallest absolute Gasteiger partial charge is 0.252 e. The van der Waals surface area contributed by atoms with Crippen LogP contribution >= 0.6 is 0 Å². The summed E-state index contributed by atoms with van der Waals surface area (Å²) in [6.07, 6.45) is 2.98. The lowest BCUT2D eigenvalue weighted by Gasteiger charge is -2.35. The van der Waals surface area contributed by atoms with Crippen LogP contribution in [0.1, 0.15) is 36.4 Å². The number of ether oxygens (including phenoxy) is 1. The molecule has 1 aromatic carbocycles. The molecule has 2 aliphatic rings. The van der Waals surface area contributed by atoms with E-state index in [-0.39, 0.29) is 17.8 Å². The van der Waals surface area contributed by atoms with Gasteiger partial charge in [0.2, 0.25) is 0 Å². The predicted molar refractivity (Wildman–Crippen MR) is 77.4 cm³/mol. The highest BCUT2D eigenvalue weighted by Gasteiger charge is 2.41. The summed E-state index contributed by atoms with van der Waals surface area (Å²) in [5, 5.41) is 6.34. The topological polar surface area (TPSA) is 50.4 Å². The van der Waals surface area contributed by atoms with Gasteiger partial charge in [-0.1, -0.05) is 6.07 Å². The van der Waals surface area contributed by atoms with Crippen LogP contribution in [0.25, 0.3) is 0 Å². The lowest BCUT2D eigenvalue weighted by atomic mass is 9.90. The molecule has 1 unspecified atom stereocenters. The van der Waals surface area contributed by atoms with E-state index < -0.39 is 5.60 Å². The average molecular weight is 292 g/mol. The molecule has 1 saturated heterocycles. The molecule has 1 aromatic rings. The van der Waals surface area contributed by atoms with Crippen molar-refractivity contribution >= 4 is 5.91 Å². The number of piperidine rings is 1. The number of methoxy groups -OCH3 is 1. The Balaban J connectivity index is 1.74. The number of benzene rings is 1. The highest BCUT2D eigenvalue weighted by molar-refractivity contribution is 5.86. The summed E-state index contributed by atoms with van der Waals surface area (Å²) in [7, 11) is 1.60. The second kappa shape index (κ2) is 5.73. The van der Waals surface area contributed by atoms with E-state index in [1.807, 2.05) is 0 Å². The van der Waals surface area contributed by atoms with Gasteiger partial charge in [0.15, 0.2) is 0 Å². The number of carbonyl (C=O) groups is 1. The third-order valence-corrected chi connectivity index (χ3v) is 4.70. The fraction of sp³-hybridized carbons (Fsp3) is 0.562. The highest BCUT2D eigenvalue weighted by Crippen LogP contribution is 2.33. The van der Waals surface area contributed by atoms with Crippen LogP contribution in [-0.2, 0) is 16.0 Å². The van der Waals surface area contributed by atoms with Crippen molar-refractivity contribution in [2.75, 3.05) is 20.2 Å². The number of aryl methyl sites for hydroxylation is 1. The molecule has 1 aliphatic carbocycles. The minimum atomic E-state index is -0.728. The van der Waals surface area contributed by atoms with E-state index >= 15 is 0 Å². The SMILES string of the molecule is COC1(C(=O)NC2CCc3cc(F)ccc32)CCNCC1. The van der Waals surface area contributed by atoms with Crippen molar-refractivity contribution in [3.8, 4) is 0 Å². The first kappa shape index (κ1) is 14.5. The maximum absolute atomic E-state index is 13.2. The molecule has 3 rings (SSSR count). The first-order valence-electron chi connectivity index (χ1n) is 7.50. The number of amides is 1. The van der Waals surface area contributed by atoms with Gasteiger partial charge in [-0.15, -0.1) is 0 Å². The Bertz CT molecular complexity index is 541. The quantitative estimate of drug-likeness (QED) is 0.891. The molecule has 0 radical (unpaired) electrons. The minimum absolute atomic E-state index is 0.0324. The average Bonchev–Trinajstić information content (AvgIpc) is 2.90. The summed E-state index contributed by atoms with van der Waals surface area (Å²) in [4.78, 5) is 12.6. The van der Waals surface area contributed by atoms with Gasteiger partial charge in [-0.25, -0.2) is 4.39 Å². The first-order chi connectivity index (χ1) is 10.1. The lowest BCUT2D eigenvalue weighted by Crippen LogP contribution is -2.54. The van der Waals surface area contributed by atoms with E-state index in [1.165, 1.54) is 6.07 Å². The molecule has 5 heteroatoms. The fourth-order valence-electron chi connectivity index (χ4n) is 3.38. The number of halogens is 1. The normalized spacial score (nSPS) is 23.6. The predicted octanol–water partition coefficient (Wildman–Crippen LogP) is 1.70. The maximum atomic E-state index is 13.2. The molecule has 4 nitrogen and oxygen atoms in total. The van der Waals surface area contributed by atoms with Crippen molar-refractivity contribution in [1.82, 2.24) is 10.6 Å². The molecule has 21 heavy (non-hydrogen) atoms. The molecule has 114 valence electrons. The van der Waals surface area contributed by atoms with E-state index in [2.05, 4.69) is 10.6 Å². The molecule has 0 saturated carbocycles. The molecule has 1 aliphatic heterocycles. The number of carbonyl (C=O) groups excluding carboxylic acids is 1. The Labute approximate surface area is 124 Å². The van der Waals surface area contributed by atoms with Gasteiger partial charge in [-0.3, -0.25) is 4.79 Å². The first-order valence-corrected chi connectivity index (χ1v) is 7.50. The number of nitrogens with one attached hydrogen (secondary N) is 2. The fourth-order valence-corrected chi connectivity index (χ4v) is 3.38. The van der Waals surface area contributed by atoms with Crippen LogP contribution in [0.2, 0.25) is 0 Å². The molecular formula is C16H21FN2O2. The molecular weight excluding hydrogens is 271 g/mol. The van der Waals surface area contributed by atoms with Gasteiger partial charge in [-0.2, -0.15) is 0 Å². The van der Waals surface area contributed by atoms with Gasteiger partial charge >= 0.3 is 0 Å². The maximum Gasteiger partial charge on any atom is 0.252 e. The number of rotatable bonds is 3. The van der Waals surface area contributed by atoms with E-state index in [4.69, 9.17) is 4.74 Å². The molecule has 1 heterocycles. The van der Waals surface area contributed by atoms with E-state index in [0.29, 0.717) is 12.8 Å². The van der Waals surface area contributed by atoms with Crippen LogP contribution in [-0.4, -0.2) is 31.7 Å². The monoisotopic (exact) mass is 292 g/mol. The largest absolute Gasteiger partial charge is 0.368 e. The second-order valence-corrected chi connectivity index (χ2v) is 5.86. The standard InChI is InChI=1S/C16H21FN2O2/c1-21-16(6-8-18-9-7-16)15(20)19-14-5-2-11-10-12(17)3-4-13(11)14/h3-4,10,14,18H,2,5-9H2,1H3,(H,19,20). The van der Waals surface area contributed by atoms with E-state index in [0.717, 1.165) is 37.1 Å². The summed E-state index contributed by atoms with van der Waals surface area (Å²) >= 11 is 0. The summed E-state index contributed by atoms with van der Waals surface area (Å²) in [6.45, 7) is 1.57. The van der Waals surface area contributed by atoms with Gasteiger partial charge in [0.1, 0.15) is 11.4 Å². The van der Waals surface area contributed by atoms with Crippen LogP contribution in [0.15, 0.2) is 18.2 Å². The zero-order chi connectivity index (χ0) is 14.9. The molecule has 2 N–H and O–H groups in total.